The number of hydroxylamine groups is 1. The molecule has 3 N–H and O–H groups in total. The zero-order chi connectivity index (χ0) is 20.0. The molecule has 2 aromatic rings. The summed E-state index contributed by atoms with van der Waals surface area (Å²) in [6, 6.07) is 8.50. The number of rotatable bonds is 5. The summed E-state index contributed by atoms with van der Waals surface area (Å²) < 4.78 is 43.8. The van der Waals surface area contributed by atoms with E-state index in [1.54, 1.807) is 0 Å². The highest BCUT2D eigenvalue weighted by Gasteiger charge is 2.34. The topological polar surface area (TPSA) is 100 Å². The van der Waals surface area contributed by atoms with Crippen LogP contribution in [0.25, 0.3) is 0 Å². The second-order valence-electron chi connectivity index (χ2n) is 5.14. The molecule has 0 saturated heterocycles. The van der Waals surface area contributed by atoms with E-state index in [-0.39, 0.29) is 11.3 Å². The number of hydrazone groups is 1. The van der Waals surface area contributed by atoms with Crippen molar-refractivity contribution in [3.05, 3.63) is 64.7 Å². The summed E-state index contributed by atoms with van der Waals surface area (Å²) in [7, 11) is 1.31. The van der Waals surface area contributed by atoms with Crippen molar-refractivity contribution < 1.29 is 32.7 Å². The van der Waals surface area contributed by atoms with Gasteiger partial charge in [0.1, 0.15) is 5.75 Å². The monoisotopic (exact) mass is 381 g/mol. The Kier molecular flexibility index (Phi) is 6.14. The third-order valence-corrected chi connectivity index (χ3v) is 3.43. The molecule has 2 aromatic carbocycles. The summed E-state index contributed by atoms with van der Waals surface area (Å²) >= 11 is 0. The van der Waals surface area contributed by atoms with Crippen LogP contribution in [0.4, 0.5) is 13.2 Å². The Morgan fingerprint density at radius 3 is 2.44 bits per heavy atom. The summed E-state index contributed by atoms with van der Waals surface area (Å²) in [5, 5.41) is 12.3. The van der Waals surface area contributed by atoms with E-state index in [0.717, 1.165) is 18.3 Å². The molecule has 27 heavy (non-hydrogen) atoms. The number of hydrogen-bond donors (Lipinski definition) is 3. The molecule has 7 nitrogen and oxygen atoms in total. The number of ether oxygens (including phenoxy) is 1. The minimum atomic E-state index is -4.67. The number of alkyl halides is 3. The average Bonchev–Trinajstić information content (AvgIpc) is 2.66. The van der Waals surface area contributed by atoms with Gasteiger partial charge in [0.05, 0.1) is 30.0 Å². The summed E-state index contributed by atoms with van der Waals surface area (Å²) in [6.07, 6.45) is -3.51. The van der Waals surface area contributed by atoms with Crippen LogP contribution >= 0.6 is 0 Å². The van der Waals surface area contributed by atoms with Crippen molar-refractivity contribution in [3.63, 3.8) is 0 Å². The lowest BCUT2D eigenvalue weighted by molar-refractivity contribution is -0.137. The number of nitrogens with one attached hydrogen (secondary N) is 2. The maximum atomic E-state index is 12.9. The largest absolute Gasteiger partial charge is 0.496 e. The van der Waals surface area contributed by atoms with Gasteiger partial charge in [-0.05, 0) is 29.8 Å². The lowest BCUT2D eigenvalue weighted by atomic mass is 10.1. The fourth-order valence-corrected chi connectivity index (χ4v) is 2.19. The van der Waals surface area contributed by atoms with Gasteiger partial charge in [-0.15, -0.1) is 0 Å². The van der Waals surface area contributed by atoms with Gasteiger partial charge in [0.2, 0.25) is 0 Å². The van der Waals surface area contributed by atoms with Crippen LogP contribution in [0.5, 0.6) is 5.75 Å². The standard InChI is InChI=1S/C17H14F3N3O4/c1-27-14-8-10(6-7-12(14)16(25)23-26)9-21-22-15(24)11-4-2-3-5-13(11)17(18,19)20/h2-9,26H,1H3,(H,22,24)(H,23,25)/b21-9+. The highest BCUT2D eigenvalue weighted by atomic mass is 19.4. The normalized spacial score (nSPS) is 11.3. The molecule has 2 amide bonds. The van der Waals surface area contributed by atoms with Crippen molar-refractivity contribution in [2.24, 2.45) is 5.10 Å². The molecule has 10 heteroatoms. The van der Waals surface area contributed by atoms with Crippen LogP contribution in [0.1, 0.15) is 31.8 Å². The molecule has 142 valence electrons. The molecule has 2 rings (SSSR count). The second kappa shape index (κ2) is 8.32. The average molecular weight is 381 g/mol. The number of halogens is 3. The number of amides is 2. The first kappa shape index (κ1) is 19.9. The molecule has 0 atom stereocenters. The maximum absolute atomic E-state index is 12.9. The Balaban J connectivity index is 2.17. The van der Waals surface area contributed by atoms with Gasteiger partial charge < -0.3 is 4.74 Å². The third-order valence-electron chi connectivity index (χ3n) is 3.43. The predicted octanol–water partition coefficient (Wildman–Crippen LogP) is 2.60. The molecule has 0 aliphatic rings. The first-order valence-corrected chi connectivity index (χ1v) is 7.40. The summed E-state index contributed by atoms with van der Waals surface area (Å²) in [6.45, 7) is 0. The SMILES string of the molecule is COc1cc(/C=N/NC(=O)c2ccccc2C(F)(F)F)ccc1C(=O)NO. The Hall–Kier alpha value is -3.40. The van der Waals surface area contributed by atoms with Crippen molar-refractivity contribution >= 4 is 18.0 Å². The molecule has 0 heterocycles. The van der Waals surface area contributed by atoms with Crippen LogP contribution in [0.15, 0.2) is 47.6 Å². The lowest BCUT2D eigenvalue weighted by Crippen LogP contribution is -2.22. The Morgan fingerprint density at radius 1 is 1.11 bits per heavy atom. The molecular formula is C17H14F3N3O4. The zero-order valence-corrected chi connectivity index (χ0v) is 13.9. The highest BCUT2D eigenvalue weighted by molar-refractivity contribution is 5.98. The van der Waals surface area contributed by atoms with Gasteiger partial charge in [0.25, 0.3) is 11.8 Å². The van der Waals surface area contributed by atoms with E-state index in [9.17, 15) is 22.8 Å². The number of benzene rings is 2. The molecule has 0 fully saturated rings. The molecule has 0 bridgehead atoms. The fraction of sp³-hybridized carbons (Fsp3) is 0.118. The summed E-state index contributed by atoms with van der Waals surface area (Å²) in [5.41, 5.74) is 2.30. The van der Waals surface area contributed by atoms with E-state index < -0.39 is 29.1 Å². The Bertz CT molecular complexity index is 882. The molecular weight excluding hydrogens is 367 g/mol. The van der Waals surface area contributed by atoms with Crippen LogP contribution in [-0.4, -0.2) is 30.3 Å². The highest BCUT2D eigenvalue weighted by Crippen LogP contribution is 2.31. The van der Waals surface area contributed by atoms with Gasteiger partial charge in [0.15, 0.2) is 0 Å². The van der Waals surface area contributed by atoms with Crippen molar-refractivity contribution in [3.8, 4) is 5.75 Å². The first-order chi connectivity index (χ1) is 12.8. The molecule has 0 spiro atoms. The number of methoxy groups -OCH3 is 1. The van der Waals surface area contributed by atoms with Gasteiger partial charge in [-0.2, -0.15) is 18.3 Å². The van der Waals surface area contributed by atoms with Crippen molar-refractivity contribution in [1.82, 2.24) is 10.9 Å². The Morgan fingerprint density at radius 2 is 1.81 bits per heavy atom. The summed E-state index contributed by atoms with van der Waals surface area (Å²) in [5.74, 6) is -1.69. The first-order valence-electron chi connectivity index (χ1n) is 7.40. The van der Waals surface area contributed by atoms with Crippen LogP contribution in [-0.2, 0) is 6.18 Å². The van der Waals surface area contributed by atoms with Gasteiger partial charge >= 0.3 is 6.18 Å². The fourth-order valence-electron chi connectivity index (χ4n) is 2.19. The number of carbonyl (C=O) groups excluding carboxylic acids is 2. The van der Waals surface area contributed by atoms with Crippen molar-refractivity contribution in [2.75, 3.05) is 7.11 Å². The lowest BCUT2D eigenvalue weighted by Gasteiger charge is -2.11. The number of hydrogen-bond acceptors (Lipinski definition) is 5. The maximum Gasteiger partial charge on any atom is 0.417 e. The number of carbonyl (C=O) groups is 2. The van der Waals surface area contributed by atoms with E-state index >= 15 is 0 Å². The molecule has 0 unspecified atom stereocenters. The zero-order valence-electron chi connectivity index (χ0n) is 13.9. The smallest absolute Gasteiger partial charge is 0.417 e. The van der Waals surface area contributed by atoms with Gasteiger partial charge in [-0.25, -0.2) is 10.9 Å². The minimum Gasteiger partial charge on any atom is -0.496 e. The van der Waals surface area contributed by atoms with Gasteiger partial charge in [-0.1, -0.05) is 18.2 Å². The molecule has 0 radical (unpaired) electrons. The predicted molar refractivity (Wildman–Crippen MR) is 88.8 cm³/mol. The van der Waals surface area contributed by atoms with E-state index in [2.05, 4.69) is 5.10 Å². The molecule has 0 aliphatic carbocycles. The molecule has 0 aromatic heterocycles. The quantitative estimate of drug-likeness (QED) is 0.421. The minimum absolute atomic E-state index is 0.0558. The van der Waals surface area contributed by atoms with Crippen molar-refractivity contribution in [1.29, 1.82) is 0 Å². The van der Waals surface area contributed by atoms with Crippen molar-refractivity contribution in [2.45, 2.75) is 6.18 Å². The molecule has 0 aliphatic heterocycles. The van der Waals surface area contributed by atoms with E-state index in [1.165, 1.54) is 42.9 Å². The van der Waals surface area contributed by atoms with E-state index in [0.29, 0.717) is 5.56 Å². The Labute approximate surface area is 151 Å². The van der Waals surface area contributed by atoms with Gasteiger partial charge in [0, 0.05) is 0 Å². The summed E-state index contributed by atoms with van der Waals surface area (Å²) in [4.78, 5) is 23.4. The number of nitrogens with zero attached hydrogens (tertiary/aromatic N) is 1. The van der Waals surface area contributed by atoms with Crippen LogP contribution in [0.2, 0.25) is 0 Å². The second-order valence-corrected chi connectivity index (χ2v) is 5.14. The van der Waals surface area contributed by atoms with Crippen LogP contribution in [0.3, 0.4) is 0 Å². The van der Waals surface area contributed by atoms with Crippen LogP contribution in [0, 0.1) is 0 Å². The third kappa shape index (κ3) is 4.82. The van der Waals surface area contributed by atoms with E-state index in [4.69, 9.17) is 9.94 Å². The van der Waals surface area contributed by atoms with Crippen LogP contribution < -0.4 is 15.6 Å². The molecule has 0 saturated carbocycles. The van der Waals surface area contributed by atoms with E-state index in [1.807, 2.05) is 5.43 Å². The van der Waals surface area contributed by atoms with Gasteiger partial charge in [-0.3, -0.25) is 14.8 Å².